The van der Waals surface area contributed by atoms with E-state index in [4.69, 9.17) is 0 Å². The summed E-state index contributed by atoms with van der Waals surface area (Å²) >= 11 is 1.66. The quantitative estimate of drug-likeness (QED) is 0.829. The molecule has 1 aromatic heterocycles. The van der Waals surface area contributed by atoms with Crippen LogP contribution in [-0.2, 0) is 6.42 Å². The minimum absolute atomic E-state index is 0.201. The Morgan fingerprint density at radius 1 is 1.64 bits per heavy atom. The van der Waals surface area contributed by atoms with Gasteiger partial charge in [0.05, 0.1) is 11.1 Å². The van der Waals surface area contributed by atoms with Gasteiger partial charge in [0.25, 0.3) is 0 Å². The van der Waals surface area contributed by atoms with Crippen molar-refractivity contribution in [3.63, 3.8) is 0 Å². The molecule has 3 heteroatoms. The van der Waals surface area contributed by atoms with Crippen LogP contribution in [0.2, 0.25) is 0 Å². The Bertz CT molecular complexity index is 306. The van der Waals surface area contributed by atoms with Crippen molar-refractivity contribution in [1.82, 2.24) is 4.98 Å². The van der Waals surface area contributed by atoms with Crippen molar-refractivity contribution < 1.29 is 5.11 Å². The lowest BCUT2D eigenvalue weighted by Crippen LogP contribution is -2.21. The second kappa shape index (κ2) is 3.99. The van der Waals surface area contributed by atoms with E-state index in [0.29, 0.717) is 5.92 Å². The standard InChI is InChI=1S/C11H17NOS/c1-7-6-14-11(12-7)5-10(13)8(2)9-3-4-9/h6,8-10,13H,3-5H2,1-2H3. The molecule has 0 saturated heterocycles. The zero-order valence-electron chi connectivity index (χ0n) is 8.73. The van der Waals surface area contributed by atoms with Crippen molar-refractivity contribution in [3.05, 3.63) is 16.1 Å². The number of rotatable bonds is 4. The third-order valence-electron chi connectivity index (χ3n) is 3.02. The largest absolute Gasteiger partial charge is 0.392 e. The van der Waals surface area contributed by atoms with Crippen LogP contribution in [0.5, 0.6) is 0 Å². The third-order valence-corrected chi connectivity index (χ3v) is 4.01. The predicted octanol–water partition coefficient (Wildman–Crippen LogP) is 2.40. The fraction of sp³-hybridized carbons (Fsp3) is 0.727. The molecule has 0 radical (unpaired) electrons. The Morgan fingerprint density at radius 3 is 2.86 bits per heavy atom. The molecule has 2 nitrogen and oxygen atoms in total. The molecule has 1 fully saturated rings. The predicted molar refractivity (Wildman–Crippen MR) is 58.4 cm³/mol. The van der Waals surface area contributed by atoms with Gasteiger partial charge in [-0.3, -0.25) is 0 Å². The van der Waals surface area contributed by atoms with E-state index in [2.05, 4.69) is 11.9 Å². The maximum atomic E-state index is 9.96. The number of hydrogen-bond acceptors (Lipinski definition) is 3. The van der Waals surface area contributed by atoms with Gasteiger partial charge >= 0.3 is 0 Å². The summed E-state index contributed by atoms with van der Waals surface area (Å²) in [6, 6.07) is 0. The first-order chi connectivity index (χ1) is 6.66. The average molecular weight is 211 g/mol. The molecule has 2 rings (SSSR count). The highest BCUT2D eigenvalue weighted by Crippen LogP contribution is 2.38. The summed E-state index contributed by atoms with van der Waals surface area (Å²) in [5.41, 5.74) is 1.07. The van der Waals surface area contributed by atoms with Gasteiger partial charge in [-0.25, -0.2) is 4.98 Å². The molecule has 14 heavy (non-hydrogen) atoms. The molecule has 1 saturated carbocycles. The first kappa shape index (κ1) is 10.1. The van der Waals surface area contributed by atoms with Crippen LogP contribution in [0.1, 0.15) is 30.5 Å². The summed E-state index contributed by atoms with van der Waals surface area (Å²) < 4.78 is 0. The van der Waals surface area contributed by atoms with Crippen LogP contribution in [-0.4, -0.2) is 16.2 Å². The molecule has 0 amide bonds. The highest BCUT2D eigenvalue weighted by atomic mass is 32.1. The molecule has 0 bridgehead atoms. The van der Waals surface area contributed by atoms with Crippen LogP contribution in [0.3, 0.4) is 0 Å². The van der Waals surface area contributed by atoms with Gasteiger partial charge < -0.3 is 5.11 Å². The number of aliphatic hydroxyl groups is 1. The second-order valence-corrected chi connectivity index (χ2v) is 5.29. The van der Waals surface area contributed by atoms with E-state index in [1.54, 1.807) is 11.3 Å². The van der Waals surface area contributed by atoms with Crippen LogP contribution < -0.4 is 0 Å². The van der Waals surface area contributed by atoms with Crippen LogP contribution in [0.15, 0.2) is 5.38 Å². The first-order valence-electron chi connectivity index (χ1n) is 5.26. The fourth-order valence-electron chi connectivity index (χ4n) is 1.80. The minimum Gasteiger partial charge on any atom is -0.392 e. The smallest absolute Gasteiger partial charge is 0.0954 e. The first-order valence-corrected chi connectivity index (χ1v) is 6.14. The summed E-state index contributed by atoms with van der Waals surface area (Å²) in [4.78, 5) is 4.37. The van der Waals surface area contributed by atoms with E-state index < -0.39 is 0 Å². The van der Waals surface area contributed by atoms with Gasteiger partial charge in [-0.2, -0.15) is 0 Å². The lowest BCUT2D eigenvalue weighted by atomic mass is 9.97. The van der Waals surface area contributed by atoms with Crippen LogP contribution in [0, 0.1) is 18.8 Å². The zero-order chi connectivity index (χ0) is 10.1. The van der Waals surface area contributed by atoms with Gasteiger partial charge in [0.1, 0.15) is 0 Å². The molecular formula is C11H17NOS. The molecule has 0 aromatic carbocycles. The molecule has 1 aromatic rings. The van der Waals surface area contributed by atoms with Crippen molar-refractivity contribution in [3.8, 4) is 0 Å². The lowest BCUT2D eigenvalue weighted by molar-refractivity contribution is 0.105. The van der Waals surface area contributed by atoms with Crippen LogP contribution >= 0.6 is 11.3 Å². The number of aryl methyl sites for hydroxylation is 1. The minimum atomic E-state index is -0.201. The highest BCUT2D eigenvalue weighted by molar-refractivity contribution is 7.09. The summed E-state index contributed by atoms with van der Waals surface area (Å²) in [5.74, 6) is 1.21. The van der Waals surface area contributed by atoms with E-state index in [0.717, 1.165) is 23.0 Å². The molecular weight excluding hydrogens is 194 g/mol. The normalized spacial score (nSPS) is 20.8. The maximum Gasteiger partial charge on any atom is 0.0954 e. The Labute approximate surface area is 89.0 Å². The highest BCUT2D eigenvalue weighted by Gasteiger charge is 2.32. The summed E-state index contributed by atoms with van der Waals surface area (Å²) in [6.07, 6.45) is 3.13. The second-order valence-electron chi connectivity index (χ2n) is 4.35. The van der Waals surface area contributed by atoms with Crippen molar-refractivity contribution >= 4 is 11.3 Å². The fourth-order valence-corrected chi connectivity index (χ4v) is 2.62. The monoisotopic (exact) mass is 211 g/mol. The Hall–Kier alpha value is -0.410. The molecule has 0 spiro atoms. The van der Waals surface area contributed by atoms with Gasteiger partial charge in [0.2, 0.25) is 0 Å². The van der Waals surface area contributed by atoms with Crippen molar-refractivity contribution in [2.45, 2.75) is 39.2 Å². The molecule has 2 unspecified atom stereocenters. The van der Waals surface area contributed by atoms with Gasteiger partial charge in [0, 0.05) is 17.5 Å². The molecule has 1 heterocycles. The van der Waals surface area contributed by atoms with Gasteiger partial charge in [-0.05, 0) is 31.6 Å². The average Bonchev–Trinajstić information content (AvgIpc) is 2.91. The summed E-state index contributed by atoms with van der Waals surface area (Å²) in [6.45, 7) is 4.15. The van der Waals surface area contributed by atoms with Gasteiger partial charge in [-0.15, -0.1) is 11.3 Å². The number of thiazole rings is 1. The lowest BCUT2D eigenvalue weighted by Gasteiger charge is -2.16. The topological polar surface area (TPSA) is 33.1 Å². The molecule has 1 aliphatic rings. The van der Waals surface area contributed by atoms with Crippen LogP contribution in [0.4, 0.5) is 0 Å². The van der Waals surface area contributed by atoms with E-state index >= 15 is 0 Å². The van der Waals surface area contributed by atoms with E-state index in [-0.39, 0.29) is 6.10 Å². The number of aliphatic hydroxyl groups excluding tert-OH is 1. The molecule has 0 aliphatic heterocycles. The van der Waals surface area contributed by atoms with Gasteiger partial charge in [-0.1, -0.05) is 6.92 Å². The van der Waals surface area contributed by atoms with E-state index in [9.17, 15) is 5.11 Å². The molecule has 1 N–H and O–H groups in total. The van der Waals surface area contributed by atoms with Gasteiger partial charge in [0.15, 0.2) is 0 Å². The zero-order valence-corrected chi connectivity index (χ0v) is 9.55. The van der Waals surface area contributed by atoms with Crippen molar-refractivity contribution in [2.75, 3.05) is 0 Å². The van der Waals surface area contributed by atoms with Crippen LogP contribution in [0.25, 0.3) is 0 Å². The third kappa shape index (κ3) is 2.34. The number of nitrogens with zero attached hydrogens (tertiary/aromatic N) is 1. The van der Waals surface area contributed by atoms with E-state index in [1.807, 2.05) is 12.3 Å². The Kier molecular flexibility index (Phi) is 2.88. The Morgan fingerprint density at radius 2 is 2.36 bits per heavy atom. The summed E-state index contributed by atoms with van der Waals surface area (Å²) in [5, 5.41) is 13.1. The molecule has 2 atom stereocenters. The number of aromatic nitrogens is 1. The Balaban J connectivity index is 1.89. The maximum absolute atomic E-state index is 9.96. The van der Waals surface area contributed by atoms with E-state index in [1.165, 1.54) is 12.8 Å². The molecule has 78 valence electrons. The van der Waals surface area contributed by atoms with Crippen molar-refractivity contribution in [2.24, 2.45) is 11.8 Å². The van der Waals surface area contributed by atoms with Crippen molar-refractivity contribution in [1.29, 1.82) is 0 Å². The molecule has 1 aliphatic carbocycles. The SMILES string of the molecule is Cc1csc(CC(O)C(C)C2CC2)n1. The summed E-state index contributed by atoms with van der Waals surface area (Å²) in [7, 11) is 0. The number of hydrogen-bond donors (Lipinski definition) is 1.